The lowest BCUT2D eigenvalue weighted by Crippen LogP contribution is -2.25. The molecule has 4 heteroatoms. The van der Waals surface area contributed by atoms with Crippen LogP contribution >= 0.6 is 0 Å². The number of carbonyl (C=O) groups is 2. The van der Waals surface area contributed by atoms with Crippen LogP contribution in [-0.4, -0.2) is 30.7 Å². The van der Waals surface area contributed by atoms with E-state index in [9.17, 15) is 9.59 Å². The number of nitrogens with zero attached hydrogens (tertiary/aromatic N) is 1. The molecule has 0 radical (unpaired) electrons. The van der Waals surface area contributed by atoms with Gasteiger partial charge in [-0.25, -0.2) is 0 Å². The van der Waals surface area contributed by atoms with Crippen LogP contribution in [0.5, 0.6) is 0 Å². The average molecular weight is 248 g/mol. The third kappa shape index (κ3) is 5.10. The van der Waals surface area contributed by atoms with E-state index in [2.05, 4.69) is 10.2 Å². The molecule has 0 heterocycles. The minimum absolute atomic E-state index is 0.0458. The molecule has 1 N–H and O–H groups in total. The van der Waals surface area contributed by atoms with Crippen molar-refractivity contribution >= 4 is 11.7 Å². The summed E-state index contributed by atoms with van der Waals surface area (Å²) in [7, 11) is 4.01. The first kappa shape index (κ1) is 14.4. The SMILES string of the molecule is CC(=O)CC(=O)NCc1ccccc1CN(C)C. The highest BCUT2D eigenvalue weighted by molar-refractivity contribution is 5.96. The van der Waals surface area contributed by atoms with Gasteiger partial charge >= 0.3 is 0 Å². The molecule has 0 saturated carbocycles. The van der Waals surface area contributed by atoms with E-state index < -0.39 is 0 Å². The first-order valence-electron chi connectivity index (χ1n) is 5.96. The summed E-state index contributed by atoms with van der Waals surface area (Å²) in [5.41, 5.74) is 2.27. The van der Waals surface area contributed by atoms with Crippen LogP contribution in [0.2, 0.25) is 0 Å². The van der Waals surface area contributed by atoms with Gasteiger partial charge in [0.1, 0.15) is 5.78 Å². The highest BCUT2D eigenvalue weighted by Crippen LogP contribution is 2.10. The fraction of sp³-hybridized carbons (Fsp3) is 0.429. The van der Waals surface area contributed by atoms with Gasteiger partial charge in [0.05, 0.1) is 6.42 Å². The van der Waals surface area contributed by atoms with E-state index in [0.717, 1.165) is 12.1 Å². The number of benzene rings is 1. The van der Waals surface area contributed by atoms with Crippen molar-refractivity contribution in [3.8, 4) is 0 Å². The van der Waals surface area contributed by atoms with Gasteiger partial charge < -0.3 is 10.2 Å². The first-order chi connectivity index (χ1) is 8.49. The third-order valence-corrected chi connectivity index (χ3v) is 2.49. The lowest BCUT2D eigenvalue weighted by atomic mass is 10.1. The van der Waals surface area contributed by atoms with Crippen molar-refractivity contribution in [3.05, 3.63) is 35.4 Å². The second kappa shape index (κ2) is 6.91. The summed E-state index contributed by atoms with van der Waals surface area (Å²) in [5, 5.41) is 2.77. The Kier molecular flexibility index (Phi) is 5.52. The molecular weight excluding hydrogens is 228 g/mol. The van der Waals surface area contributed by atoms with Crippen molar-refractivity contribution in [1.29, 1.82) is 0 Å². The number of hydrogen-bond acceptors (Lipinski definition) is 3. The van der Waals surface area contributed by atoms with Crippen molar-refractivity contribution < 1.29 is 9.59 Å². The Labute approximate surface area is 108 Å². The Hall–Kier alpha value is -1.68. The maximum atomic E-state index is 11.4. The molecule has 0 spiro atoms. The Bertz CT molecular complexity index is 428. The number of hydrogen-bond donors (Lipinski definition) is 1. The zero-order chi connectivity index (χ0) is 13.5. The summed E-state index contributed by atoms with van der Waals surface area (Å²) in [4.78, 5) is 24.3. The maximum absolute atomic E-state index is 11.4. The minimum Gasteiger partial charge on any atom is -0.352 e. The molecule has 0 aromatic heterocycles. The van der Waals surface area contributed by atoms with Gasteiger partial charge in [0, 0.05) is 13.1 Å². The highest BCUT2D eigenvalue weighted by atomic mass is 16.2. The molecule has 1 aromatic rings. The number of Topliss-reactive ketones (excluding diaryl/α,β-unsaturated/α-hetero) is 1. The molecule has 0 atom stereocenters. The minimum atomic E-state index is -0.220. The first-order valence-corrected chi connectivity index (χ1v) is 5.96. The Morgan fingerprint density at radius 2 is 1.78 bits per heavy atom. The molecule has 0 aliphatic rings. The van der Waals surface area contributed by atoms with Gasteiger partial charge in [-0.05, 0) is 32.1 Å². The van der Waals surface area contributed by atoms with Gasteiger partial charge in [0.15, 0.2) is 0 Å². The largest absolute Gasteiger partial charge is 0.352 e. The predicted octanol–water partition coefficient (Wildman–Crippen LogP) is 1.34. The zero-order valence-corrected chi connectivity index (χ0v) is 11.2. The van der Waals surface area contributed by atoms with Crippen LogP contribution in [0.15, 0.2) is 24.3 Å². The van der Waals surface area contributed by atoms with E-state index in [0.29, 0.717) is 6.54 Å². The van der Waals surface area contributed by atoms with Crippen molar-refractivity contribution in [1.82, 2.24) is 10.2 Å². The Morgan fingerprint density at radius 3 is 2.33 bits per heavy atom. The molecule has 0 saturated heterocycles. The van der Waals surface area contributed by atoms with Gasteiger partial charge in [-0.2, -0.15) is 0 Å². The van der Waals surface area contributed by atoms with Crippen molar-refractivity contribution in [2.45, 2.75) is 26.4 Å². The summed E-state index contributed by atoms with van der Waals surface area (Å²) in [5.74, 6) is -0.337. The maximum Gasteiger partial charge on any atom is 0.227 e. The van der Waals surface area contributed by atoms with Crippen LogP contribution in [0.4, 0.5) is 0 Å². The summed E-state index contributed by atoms with van der Waals surface area (Å²) in [6.07, 6.45) is -0.0458. The average Bonchev–Trinajstić information content (AvgIpc) is 2.26. The molecule has 0 aliphatic carbocycles. The molecule has 4 nitrogen and oxygen atoms in total. The number of ketones is 1. The standard InChI is InChI=1S/C14H20N2O2/c1-11(17)8-14(18)15-9-12-6-4-5-7-13(12)10-16(2)3/h4-7H,8-10H2,1-3H3,(H,15,18). The van der Waals surface area contributed by atoms with Gasteiger partial charge in [-0.1, -0.05) is 24.3 Å². The molecule has 1 rings (SSSR count). The fourth-order valence-electron chi connectivity index (χ4n) is 1.71. The van der Waals surface area contributed by atoms with E-state index in [1.54, 1.807) is 0 Å². The fourth-order valence-corrected chi connectivity index (χ4v) is 1.71. The highest BCUT2D eigenvalue weighted by Gasteiger charge is 2.07. The van der Waals surface area contributed by atoms with Gasteiger partial charge in [-0.3, -0.25) is 9.59 Å². The number of carbonyl (C=O) groups excluding carboxylic acids is 2. The number of amides is 1. The second-order valence-corrected chi connectivity index (χ2v) is 4.66. The summed E-state index contributed by atoms with van der Waals surface area (Å²) in [6.45, 7) is 2.72. The molecule has 0 unspecified atom stereocenters. The van der Waals surface area contributed by atoms with E-state index in [1.165, 1.54) is 12.5 Å². The smallest absolute Gasteiger partial charge is 0.227 e. The van der Waals surface area contributed by atoms with E-state index in [4.69, 9.17) is 0 Å². The van der Waals surface area contributed by atoms with Gasteiger partial charge in [0.25, 0.3) is 0 Å². The monoisotopic (exact) mass is 248 g/mol. The zero-order valence-electron chi connectivity index (χ0n) is 11.2. The third-order valence-electron chi connectivity index (χ3n) is 2.49. The van der Waals surface area contributed by atoms with Crippen LogP contribution in [0.1, 0.15) is 24.5 Å². The van der Waals surface area contributed by atoms with E-state index in [1.807, 2.05) is 38.4 Å². The normalized spacial score (nSPS) is 10.4. The summed E-state index contributed by atoms with van der Waals surface area (Å²) in [6, 6.07) is 7.98. The molecule has 1 amide bonds. The van der Waals surface area contributed by atoms with E-state index >= 15 is 0 Å². The second-order valence-electron chi connectivity index (χ2n) is 4.66. The lowest BCUT2D eigenvalue weighted by Gasteiger charge is -2.14. The molecule has 18 heavy (non-hydrogen) atoms. The molecule has 0 bridgehead atoms. The molecular formula is C14H20N2O2. The number of rotatable bonds is 6. The van der Waals surface area contributed by atoms with Crippen molar-refractivity contribution in [2.75, 3.05) is 14.1 Å². The summed E-state index contributed by atoms with van der Waals surface area (Å²) >= 11 is 0. The van der Waals surface area contributed by atoms with Crippen LogP contribution in [0.25, 0.3) is 0 Å². The van der Waals surface area contributed by atoms with Crippen molar-refractivity contribution in [3.63, 3.8) is 0 Å². The molecule has 0 fully saturated rings. The van der Waals surface area contributed by atoms with Crippen LogP contribution in [0, 0.1) is 0 Å². The molecule has 1 aromatic carbocycles. The topological polar surface area (TPSA) is 49.4 Å². The molecule has 0 aliphatic heterocycles. The Balaban J connectivity index is 2.61. The van der Waals surface area contributed by atoms with Crippen LogP contribution < -0.4 is 5.32 Å². The Morgan fingerprint density at radius 1 is 1.17 bits per heavy atom. The van der Waals surface area contributed by atoms with Gasteiger partial charge in [-0.15, -0.1) is 0 Å². The quantitative estimate of drug-likeness (QED) is 0.773. The van der Waals surface area contributed by atoms with Crippen LogP contribution in [-0.2, 0) is 22.7 Å². The summed E-state index contributed by atoms with van der Waals surface area (Å²) < 4.78 is 0. The molecule has 98 valence electrons. The van der Waals surface area contributed by atoms with Crippen molar-refractivity contribution in [2.24, 2.45) is 0 Å². The van der Waals surface area contributed by atoms with E-state index in [-0.39, 0.29) is 18.1 Å². The van der Waals surface area contributed by atoms with Crippen LogP contribution in [0.3, 0.4) is 0 Å². The number of nitrogens with one attached hydrogen (secondary N) is 1. The van der Waals surface area contributed by atoms with Gasteiger partial charge in [0.2, 0.25) is 5.91 Å². The lowest BCUT2D eigenvalue weighted by molar-refractivity contribution is -0.127. The predicted molar refractivity (Wildman–Crippen MR) is 71.0 cm³/mol.